The van der Waals surface area contributed by atoms with Crippen LogP contribution < -0.4 is 5.73 Å². The Morgan fingerprint density at radius 3 is 2.30 bits per heavy atom. The molecule has 2 unspecified atom stereocenters. The number of rotatable bonds is 3. The Balaban J connectivity index is 2.49. The molecular weight excluding hydrogens is 244 g/mol. The van der Waals surface area contributed by atoms with Gasteiger partial charge in [-0.25, -0.2) is 0 Å². The summed E-state index contributed by atoms with van der Waals surface area (Å²) in [4.78, 5) is 2.66. The number of piperidine rings is 1. The molecule has 1 fully saturated rings. The Labute approximate surface area is 124 Å². The average molecular weight is 274 g/mol. The van der Waals surface area contributed by atoms with Crippen molar-refractivity contribution in [2.75, 3.05) is 13.1 Å². The molecule has 0 saturated carbocycles. The quantitative estimate of drug-likeness (QED) is 0.910. The lowest BCUT2D eigenvalue weighted by Gasteiger charge is -2.45. The van der Waals surface area contributed by atoms with Crippen LogP contribution in [0, 0.1) is 26.7 Å². The summed E-state index contributed by atoms with van der Waals surface area (Å²) in [6.07, 6.45) is 2.54. The molecular formula is C18H30N2. The Bertz CT molecular complexity index is 441. The predicted molar refractivity (Wildman–Crippen MR) is 87.0 cm³/mol. The smallest absolute Gasteiger partial charge is 0.0396 e. The molecule has 0 bridgehead atoms. The molecule has 0 aliphatic carbocycles. The largest absolute Gasteiger partial charge is 0.330 e. The fourth-order valence-electron chi connectivity index (χ4n) is 3.99. The topological polar surface area (TPSA) is 29.3 Å². The molecule has 20 heavy (non-hydrogen) atoms. The maximum atomic E-state index is 6.10. The van der Waals surface area contributed by atoms with Gasteiger partial charge in [0.1, 0.15) is 0 Å². The predicted octanol–water partition coefficient (Wildman–Crippen LogP) is 3.73. The third-order valence-electron chi connectivity index (χ3n) is 4.79. The van der Waals surface area contributed by atoms with Crippen LogP contribution in [0.4, 0.5) is 0 Å². The maximum absolute atomic E-state index is 6.10. The van der Waals surface area contributed by atoms with Crippen LogP contribution in [0.5, 0.6) is 0 Å². The van der Waals surface area contributed by atoms with Gasteiger partial charge in [-0.2, -0.15) is 0 Å². The molecule has 1 saturated heterocycles. The van der Waals surface area contributed by atoms with Crippen LogP contribution in [0.1, 0.15) is 55.0 Å². The van der Waals surface area contributed by atoms with Gasteiger partial charge in [-0.1, -0.05) is 17.7 Å². The number of aryl methyl sites for hydroxylation is 3. The molecule has 1 aliphatic heterocycles. The zero-order valence-electron chi connectivity index (χ0n) is 13.7. The van der Waals surface area contributed by atoms with Gasteiger partial charge in [0.05, 0.1) is 0 Å². The van der Waals surface area contributed by atoms with Gasteiger partial charge in [0.2, 0.25) is 0 Å². The van der Waals surface area contributed by atoms with Crippen molar-refractivity contribution in [3.05, 3.63) is 34.4 Å². The summed E-state index contributed by atoms with van der Waals surface area (Å²) in [5.41, 5.74) is 11.8. The van der Waals surface area contributed by atoms with Crippen molar-refractivity contribution in [3.8, 4) is 0 Å². The monoisotopic (exact) mass is 274 g/mol. The van der Waals surface area contributed by atoms with E-state index >= 15 is 0 Å². The summed E-state index contributed by atoms with van der Waals surface area (Å²) in [5.74, 6) is 0.589. The van der Waals surface area contributed by atoms with Crippen molar-refractivity contribution < 1.29 is 0 Å². The minimum atomic E-state index is 0.495. The van der Waals surface area contributed by atoms with Crippen molar-refractivity contribution in [2.45, 2.75) is 59.5 Å². The third kappa shape index (κ3) is 2.91. The van der Waals surface area contributed by atoms with Crippen LogP contribution in [0.3, 0.4) is 0 Å². The van der Waals surface area contributed by atoms with E-state index in [1.807, 2.05) is 0 Å². The highest BCUT2D eigenvalue weighted by atomic mass is 15.2. The molecule has 1 aliphatic rings. The van der Waals surface area contributed by atoms with Crippen molar-refractivity contribution in [2.24, 2.45) is 11.7 Å². The van der Waals surface area contributed by atoms with E-state index in [4.69, 9.17) is 5.73 Å². The van der Waals surface area contributed by atoms with E-state index in [0.717, 1.165) is 6.54 Å². The SMILES string of the molecule is Cc1cc(C)c(C2C(CN)CCCN2C(C)C)c(C)c1. The standard InChI is InChI=1S/C18H30N2/c1-12(2)20-8-6-7-16(11-19)18(20)17-14(4)9-13(3)10-15(17)5/h9-10,12,16,18H,6-8,11,19H2,1-5H3. The van der Waals surface area contributed by atoms with Gasteiger partial charge < -0.3 is 5.73 Å². The first-order chi connectivity index (χ1) is 9.45. The van der Waals surface area contributed by atoms with Crippen LogP contribution in [-0.2, 0) is 0 Å². The summed E-state index contributed by atoms with van der Waals surface area (Å²) < 4.78 is 0. The Morgan fingerprint density at radius 2 is 1.80 bits per heavy atom. The van der Waals surface area contributed by atoms with Crippen molar-refractivity contribution in [3.63, 3.8) is 0 Å². The number of benzene rings is 1. The maximum Gasteiger partial charge on any atom is 0.0396 e. The fraction of sp³-hybridized carbons (Fsp3) is 0.667. The van der Waals surface area contributed by atoms with E-state index < -0.39 is 0 Å². The van der Waals surface area contributed by atoms with Crippen molar-refractivity contribution in [1.82, 2.24) is 4.90 Å². The first kappa shape index (κ1) is 15.5. The molecule has 2 N–H and O–H groups in total. The highest BCUT2D eigenvalue weighted by molar-refractivity contribution is 5.40. The van der Waals surface area contributed by atoms with E-state index in [-0.39, 0.29) is 0 Å². The summed E-state index contributed by atoms with van der Waals surface area (Å²) in [6.45, 7) is 13.3. The highest BCUT2D eigenvalue weighted by Crippen LogP contribution is 2.39. The van der Waals surface area contributed by atoms with Crippen LogP contribution >= 0.6 is 0 Å². The number of nitrogens with two attached hydrogens (primary N) is 1. The molecule has 112 valence electrons. The minimum Gasteiger partial charge on any atom is -0.330 e. The van der Waals surface area contributed by atoms with Gasteiger partial charge >= 0.3 is 0 Å². The molecule has 1 heterocycles. The summed E-state index contributed by atoms with van der Waals surface area (Å²) >= 11 is 0. The number of hydrogen-bond acceptors (Lipinski definition) is 2. The molecule has 0 spiro atoms. The summed E-state index contributed by atoms with van der Waals surface area (Å²) in [7, 11) is 0. The number of hydrogen-bond donors (Lipinski definition) is 1. The average Bonchev–Trinajstić information content (AvgIpc) is 2.37. The fourth-order valence-corrected chi connectivity index (χ4v) is 3.99. The van der Waals surface area contributed by atoms with Gasteiger partial charge in [-0.3, -0.25) is 4.90 Å². The van der Waals surface area contributed by atoms with Crippen LogP contribution in [0.25, 0.3) is 0 Å². The van der Waals surface area contributed by atoms with E-state index in [1.165, 1.54) is 41.6 Å². The molecule has 1 aromatic carbocycles. The first-order valence-electron chi connectivity index (χ1n) is 7.99. The van der Waals surface area contributed by atoms with E-state index in [0.29, 0.717) is 18.0 Å². The molecule has 0 aromatic heterocycles. The molecule has 2 atom stereocenters. The van der Waals surface area contributed by atoms with Crippen molar-refractivity contribution >= 4 is 0 Å². The Kier molecular flexibility index (Phi) is 4.87. The third-order valence-corrected chi connectivity index (χ3v) is 4.79. The lowest BCUT2D eigenvalue weighted by molar-refractivity contribution is 0.0657. The summed E-state index contributed by atoms with van der Waals surface area (Å²) in [6, 6.07) is 5.72. The van der Waals surface area contributed by atoms with Crippen LogP contribution in [0.15, 0.2) is 12.1 Å². The van der Waals surface area contributed by atoms with Crippen molar-refractivity contribution in [1.29, 1.82) is 0 Å². The molecule has 2 rings (SSSR count). The lowest BCUT2D eigenvalue weighted by atomic mass is 9.80. The van der Waals surface area contributed by atoms with Gasteiger partial charge in [0.25, 0.3) is 0 Å². The van der Waals surface area contributed by atoms with Gasteiger partial charge in [-0.05, 0) is 83.2 Å². The molecule has 0 amide bonds. The second kappa shape index (κ2) is 6.28. The second-order valence-electron chi connectivity index (χ2n) is 6.73. The summed E-state index contributed by atoms with van der Waals surface area (Å²) in [5, 5.41) is 0. The Morgan fingerprint density at radius 1 is 1.20 bits per heavy atom. The van der Waals surface area contributed by atoms with Gasteiger partial charge in [-0.15, -0.1) is 0 Å². The molecule has 2 nitrogen and oxygen atoms in total. The zero-order chi connectivity index (χ0) is 14.9. The van der Waals surface area contributed by atoms with Crippen LogP contribution in [-0.4, -0.2) is 24.0 Å². The van der Waals surface area contributed by atoms with Gasteiger partial charge in [0.15, 0.2) is 0 Å². The number of likely N-dealkylation sites (tertiary alicyclic amines) is 1. The van der Waals surface area contributed by atoms with E-state index in [9.17, 15) is 0 Å². The highest BCUT2D eigenvalue weighted by Gasteiger charge is 2.34. The lowest BCUT2D eigenvalue weighted by Crippen LogP contribution is -2.45. The zero-order valence-corrected chi connectivity index (χ0v) is 13.7. The van der Waals surface area contributed by atoms with E-state index in [1.54, 1.807) is 0 Å². The van der Waals surface area contributed by atoms with Crippen LogP contribution in [0.2, 0.25) is 0 Å². The van der Waals surface area contributed by atoms with E-state index in [2.05, 4.69) is 51.7 Å². The Hall–Kier alpha value is -0.860. The first-order valence-corrected chi connectivity index (χ1v) is 7.99. The molecule has 0 radical (unpaired) electrons. The second-order valence-corrected chi connectivity index (χ2v) is 6.73. The number of nitrogens with zero attached hydrogens (tertiary/aromatic N) is 1. The van der Waals surface area contributed by atoms with Gasteiger partial charge in [0, 0.05) is 12.1 Å². The minimum absolute atomic E-state index is 0.495. The molecule has 1 aromatic rings. The molecule has 2 heteroatoms. The normalized spacial score (nSPS) is 24.4.